The van der Waals surface area contributed by atoms with Crippen molar-refractivity contribution >= 4 is 0 Å². The van der Waals surface area contributed by atoms with E-state index >= 15 is 0 Å². The Labute approximate surface area is 100 Å². The molecule has 1 N–H and O–H groups in total. The maximum Gasteiger partial charge on any atom is 0.0655 e. The Morgan fingerprint density at radius 1 is 1.00 bits per heavy atom. The lowest BCUT2D eigenvalue weighted by Gasteiger charge is -2.40. The second-order valence-electron chi connectivity index (χ2n) is 6.20. The summed E-state index contributed by atoms with van der Waals surface area (Å²) in [5.41, 5.74) is 0.544. The van der Waals surface area contributed by atoms with Gasteiger partial charge in [0.1, 0.15) is 0 Å². The summed E-state index contributed by atoms with van der Waals surface area (Å²) in [6.07, 6.45) is 10.4. The SMILES string of the molecule is C[C@@]1(CC[C@@]2(C)CCCCO2)CCCCN1. The van der Waals surface area contributed by atoms with Crippen LogP contribution in [0.2, 0.25) is 0 Å². The number of ether oxygens (including phenoxy) is 1. The summed E-state index contributed by atoms with van der Waals surface area (Å²) in [6, 6.07) is 0. The van der Waals surface area contributed by atoms with Crippen LogP contribution < -0.4 is 5.32 Å². The molecule has 2 aliphatic heterocycles. The predicted molar refractivity (Wildman–Crippen MR) is 67.7 cm³/mol. The third kappa shape index (κ3) is 3.21. The van der Waals surface area contributed by atoms with Crippen LogP contribution in [0.1, 0.15) is 65.2 Å². The monoisotopic (exact) mass is 225 g/mol. The van der Waals surface area contributed by atoms with E-state index in [2.05, 4.69) is 19.2 Å². The molecule has 0 bridgehead atoms. The average molecular weight is 225 g/mol. The van der Waals surface area contributed by atoms with Crippen LogP contribution in [0.5, 0.6) is 0 Å². The van der Waals surface area contributed by atoms with Crippen LogP contribution in [0.25, 0.3) is 0 Å². The molecule has 2 nitrogen and oxygen atoms in total. The van der Waals surface area contributed by atoms with Crippen molar-refractivity contribution in [2.45, 2.75) is 76.4 Å². The number of hydrogen-bond acceptors (Lipinski definition) is 2. The van der Waals surface area contributed by atoms with Crippen LogP contribution in [0.3, 0.4) is 0 Å². The maximum atomic E-state index is 5.97. The lowest BCUT2D eigenvalue weighted by molar-refractivity contribution is -0.0749. The molecule has 0 unspecified atom stereocenters. The zero-order valence-electron chi connectivity index (χ0n) is 11.0. The Morgan fingerprint density at radius 3 is 2.44 bits per heavy atom. The maximum absolute atomic E-state index is 5.97. The van der Waals surface area contributed by atoms with Crippen molar-refractivity contribution in [1.29, 1.82) is 0 Å². The van der Waals surface area contributed by atoms with Crippen molar-refractivity contribution in [2.24, 2.45) is 0 Å². The smallest absolute Gasteiger partial charge is 0.0655 e. The van der Waals surface area contributed by atoms with Crippen LogP contribution in [-0.4, -0.2) is 24.3 Å². The van der Waals surface area contributed by atoms with Gasteiger partial charge >= 0.3 is 0 Å². The predicted octanol–water partition coefficient (Wildman–Crippen LogP) is 3.26. The van der Waals surface area contributed by atoms with E-state index in [4.69, 9.17) is 4.74 Å². The van der Waals surface area contributed by atoms with Crippen molar-refractivity contribution in [2.75, 3.05) is 13.2 Å². The molecule has 0 aliphatic carbocycles. The molecule has 0 aromatic carbocycles. The van der Waals surface area contributed by atoms with Crippen molar-refractivity contribution in [3.8, 4) is 0 Å². The molecule has 2 heterocycles. The molecule has 16 heavy (non-hydrogen) atoms. The van der Waals surface area contributed by atoms with Crippen LogP contribution in [0.15, 0.2) is 0 Å². The van der Waals surface area contributed by atoms with Gasteiger partial charge in [0.2, 0.25) is 0 Å². The summed E-state index contributed by atoms with van der Waals surface area (Å²) in [7, 11) is 0. The van der Waals surface area contributed by atoms with Crippen LogP contribution >= 0.6 is 0 Å². The standard InChI is InChI=1S/C14H27NO/c1-13(7-3-5-11-15-13)9-10-14(2)8-4-6-12-16-14/h15H,3-12H2,1-2H3/t13-,14+/m0/s1. The molecule has 0 saturated carbocycles. The van der Waals surface area contributed by atoms with Gasteiger partial charge in [-0.3, -0.25) is 0 Å². The Hall–Kier alpha value is -0.0800. The van der Waals surface area contributed by atoms with Gasteiger partial charge in [0.25, 0.3) is 0 Å². The number of rotatable bonds is 3. The second-order valence-corrected chi connectivity index (χ2v) is 6.20. The minimum Gasteiger partial charge on any atom is -0.375 e. The van der Waals surface area contributed by atoms with Gasteiger partial charge in [-0.25, -0.2) is 0 Å². The van der Waals surface area contributed by atoms with Gasteiger partial charge in [-0.05, 0) is 65.3 Å². The van der Waals surface area contributed by atoms with E-state index in [1.807, 2.05) is 0 Å². The molecule has 2 rings (SSSR count). The third-order valence-electron chi connectivity index (χ3n) is 4.46. The van der Waals surface area contributed by atoms with Gasteiger partial charge in [0.15, 0.2) is 0 Å². The molecule has 0 spiro atoms. The number of piperidine rings is 1. The summed E-state index contributed by atoms with van der Waals surface area (Å²) in [5, 5.41) is 3.70. The summed E-state index contributed by atoms with van der Waals surface area (Å²) in [6.45, 7) is 6.87. The molecule has 94 valence electrons. The van der Waals surface area contributed by atoms with E-state index in [-0.39, 0.29) is 5.60 Å². The van der Waals surface area contributed by atoms with Crippen molar-refractivity contribution in [3.63, 3.8) is 0 Å². The van der Waals surface area contributed by atoms with Crippen molar-refractivity contribution in [3.05, 3.63) is 0 Å². The molecular weight excluding hydrogens is 198 g/mol. The second kappa shape index (κ2) is 5.05. The van der Waals surface area contributed by atoms with Gasteiger partial charge in [-0.1, -0.05) is 6.42 Å². The number of hydrogen-bond donors (Lipinski definition) is 1. The Bertz CT molecular complexity index is 191. The molecule has 0 aromatic heterocycles. The minimum absolute atomic E-state index is 0.167. The molecule has 2 saturated heterocycles. The van der Waals surface area contributed by atoms with Gasteiger partial charge in [0.05, 0.1) is 5.60 Å². The fraction of sp³-hybridized carbons (Fsp3) is 1.00. The first-order valence-electron chi connectivity index (χ1n) is 7.01. The van der Waals surface area contributed by atoms with E-state index in [0.29, 0.717) is 5.54 Å². The molecule has 2 aliphatic rings. The first kappa shape index (κ1) is 12.4. The fourth-order valence-corrected chi connectivity index (χ4v) is 3.06. The highest BCUT2D eigenvalue weighted by atomic mass is 16.5. The topological polar surface area (TPSA) is 21.3 Å². The Balaban J connectivity index is 1.80. The van der Waals surface area contributed by atoms with E-state index < -0.39 is 0 Å². The summed E-state index contributed by atoms with van der Waals surface area (Å²) in [4.78, 5) is 0. The van der Waals surface area contributed by atoms with Crippen LogP contribution in [-0.2, 0) is 4.74 Å². The molecule has 0 amide bonds. The highest BCUT2D eigenvalue weighted by Gasteiger charge is 2.32. The highest BCUT2D eigenvalue weighted by molar-refractivity contribution is 4.90. The molecule has 2 fully saturated rings. The normalized spacial score (nSPS) is 40.9. The van der Waals surface area contributed by atoms with Gasteiger partial charge < -0.3 is 10.1 Å². The summed E-state index contributed by atoms with van der Waals surface area (Å²) in [5.74, 6) is 0. The quantitative estimate of drug-likeness (QED) is 0.796. The Morgan fingerprint density at radius 2 is 1.81 bits per heavy atom. The minimum atomic E-state index is 0.167. The van der Waals surface area contributed by atoms with E-state index in [0.717, 1.165) is 6.61 Å². The molecule has 2 heteroatoms. The first-order valence-corrected chi connectivity index (χ1v) is 7.01. The lowest BCUT2D eigenvalue weighted by atomic mass is 9.81. The van der Waals surface area contributed by atoms with Gasteiger partial charge in [-0.15, -0.1) is 0 Å². The first-order chi connectivity index (χ1) is 7.62. The van der Waals surface area contributed by atoms with Crippen molar-refractivity contribution in [1.82, 2.24) is 5.32 Å². The van der Waals surface area contributed by atoms with E-state index in [9.17, 15) is 0 Å². The number of nitrogens with one attached hydrogen (secondary N) is 1. The summed E-state index contributed by atoms with van der Waals surface area (Å²) >= 11 is 0. The fourth-order valence-electron chi connectivity index (χ4n) is 3.06. The molecule has 2 atom stereocenters. The molecule has 0 radical (unpaired) electrons. The third-order valence-corrected chi connectivity index (χ3v) is 4.46. The zero-order chi connectivity index (χ0) is 11.5. The van der Waals surface area contributed by atoms with Gasteiger partial charge in [0, 0.05) is 12.1 Å². The largest absolute Gasteiger partial charge is 0.375 e. The Kier molecular flexibility index (Phi) is 3.91. The van der Waals surface area contributed by atoms with E-state index in [1.165, 1.54) is 57.9 Å². The van der Waals surface area contributed by atoms with E-state index in [1.54, 1.807) is 0 Å². The van der Waals surface area contributed by atoms with Gasteiger partial charge in [-0.2, -0.15) is 0 Å². The molecule has 0 aromatic rings. The average Bonchev–Trinajstić information content (AvgIpc) is 2.29. The lowest BCUT2D eigenvalue weighted by Crippen LogP contribution is -2.47. The zero-order valence-corrected chi connectivity index (χ0v) is 11.0. The van der Waals surface area contributed by atoms with Crippen LogP contribution in [0.4, 0.5) is 0 Å². The van der Waals surface area contributed by atoms with Crippen LogP contribution in [0, 0.1) is 0 Å². The highest BCUT2D eigenvalue weighted by Crippen LogP contribution is 2.33. The summed E-state index contributed by atoms with van der Waals surface area (Å²) < 4.78 is 5.97. The molecular formula is C14H27NO. The van der Waals surface area contributed by atoms with Crippen molar-refractivity contribution < 1.29 is 4.74 Å².